The van der Waals surface area contributed by atoms with Gasteiger partial charge in [0.25, 0.3) is 0 Å². The first kappa shape index (κ1) is 25.4. The van der Waals surface area contributed by atoms with Gasteiger partial charge in [-0.1, -0.05) is 140 Å². The second kappa shape index (κ2) is 9.54. The number of para-hydroxylation sites is 1. The Morgan fingerprint density at radius 2 is 0.783 bits per heavy atom. The second-order valence-corrected chi connectivity index (χ2v) is 12.5. The zero-order valence-electron chi connectivity index (χ0n) is 25.2. The molecule has 1 heteroatoms. The predicted molar refractivity (Wildman–Crippen MR) is 192 cm³/mol. The lowest BCUT2D eigenvalue weighted by Crippen LogP contribution is -2.26. The van der Waals surface area contributed by atoms with E-state index in [2.05, 4.69) is 181 Å². The number of nitrogens with zero attached hydrogens (tertiary/aromatic N) is 1. The lowest BCUT2D eigenvalue weighted by molar-refractivity contribution is 0.793. The molecule has 0 unspecified atom stereocenters. The number of fused-ring (bicyclic) bond motifs is 13. The Morgan fingerprint density at radius 1 is 0.304 bits per heavy atom. The number of anilines is 3. The van der Waals surface area contributed by atoms with E-state index in [1.54, 1.807) is 0 Å². The molecule has 0 bridgehead atoms. The van der Waals surface area contributed by atoms with E-state index in [0.717, 1.165) is 17.1 Å². The average Bonchev–Trinajstić information content (AvgIpc) is 3.59. The third kappa shape index (κ3) is 3.35. The molecule has 0 radical (unpaired) electrons. The Hall–Kier alpha value is -5.92. The lowest BCUT2D eigenvalue weighted by atomic mass is 9.70. The van der Waals surface area contributed by atoms with Gasteiger partial charge < -0.3 is 4.90 Å². The van der Waals surface area contributed by atoms with Crippen molar-refractivity contribution in [2.24, 2.45) is 0 Å². The van der Waals surface area contributed by atoms with E-state index in [1.807, 2.05) is 0 Å². The van der Waals surface area contributed by atoms with Gasteiger partial charge in [0, 0.05) is 17.1 Å². The number of hydrogen-bond acceptors (Lipinski definition) is 1. The highest BCUT2D eigenvalue weighted by atomic mass is 15.1. The van der Waals surface area contributed by atoms with Crippen molar-refractivity contribution in [3.05, 3.63) is 198 Å². The molecule has 214 valence electrons. The van der Waals surface area contributed by atoms with E-state index < -0.39 is 0 Å². The molecule has 0 fully saturated rings. The fraction of sp³-hybridized carbons (Fsp3) is 0.0222. The predicted octanol–water partition coefficient (Wildman–Crippen LogP) is 11.8. The van der Waals surface area contributed by atoms with Crippen LogP contribution in [0.2, 0.25) is 0 Å². The molecule has 0 aromatic heterocycles. The monoisotopic (exact) mass is 583 g/mol. The fourth-order valence-corrected chi connectivity index (χ4v) is 8.38. The van der Waals surface area contributed by atoms with Crippen molar-refractivity contribution >= 4 is 38.6 Å². The zero-order valence-corrected chi connectivity index (χ0v) is 25.2. The molecular weight excluding hydrogens is 555 g/mol. The maximum atomic E-state index is 2.47. The van der Waals surface area contributed by atoms with E-state index in [4.69, 9.17) is 0 Å². The zero-order chi connectivity index (χ0) is 30.2. The third-order valence-electron chi connectivity index (χ3n) is 10.2. The van der Waals surface area contributed by atoms with Crippen LogP contribution in [0.4, 0.5) is 17.1 Å². The molecule has 2 aliphatic rings. The highest BCUT2D eigenvalue weighted by Crippen LogP contribution is 2.63. The van der Waals surface area contributed by atoms with Crippen molar-refractivity contribution in [2.75, 3.05) is 4.90 Å². The molecule has 46 heavy (non-hydrogen) atoms. The largest absolute Gasteiger partial charge is 0.310 e. The summed E-state index contributed by atoms with van der Waals surface area (Å²) in [4.78, 5) is 2.42. The lowest BCUT2D eigenvalue weighted by Gasteiger charge is -2.32. The molecule has 1 spiro atoms. The summed E-state index contributed by atoms with van der Waals surface area (Å²) < 4.78 is 0. The van der Waals surface area contributed by atoms with Crippen LogP contribution in [-0.2, 0) is 5.41 Å². The summed E-state index contributed by atoms with van der Waals surface area (Å²) in [6, 6.07) is 65.0. The molecular formula is C45H29N. The third-order valence-corrected chi connectivity index (χ3v) is 10.2. The van der Waals surface area contributed by atoms with E-state index in [-0.39, 0.29) is 5.41 Å². The van der Waals surface area contributed by atoms with Crippen molar-refractivity contribution in [1.82, 2.24) is 0 Å². The number of hydrogen-bond donors (Lipinski definition) is 0. The summed E-state index contributed by atoms with van der Waals surface area (Å²) in [6.07, 6.45) is 0. The molecule has 8 aromatic rings. The smallest absolute Gasteiger partial charge is 0.0726 e. The van der Waals surface area contributed by atoms with Crippen LogP contribution in [0, 0.1) is 0 Å². The first-order valence-electron chi connectivity index (χ1n) is 16.0. The molecule has 8 aromatic carbocycles. The molecule has 0 amide bonds. The van der Waals surface area contributed by atoms with Crippen LogP contribution in [0.3, 0.4) is 0 Å². The van der Waals surface area contributed by atoms with Crippen LogP contribution in [-0.4, -0.2) is 0 Å². The molecule has 2 aliphatic carbocycles. The number of benzene rings is 8. The first-order valence-corrected chi connectivity index (χ1v) is 16.0. The van der Waals surface area contributed by atoms with Crippen LogP contribution in [0.5, 0.6) is 0 Å². The standard InChI is InChI=1S/C45H29N/c1-2-13-32(14-3-1)46(33-25-24-31-23-22-30-12-4-5-15-35(30)40(31)28-33)34-26-27-39-38-18-8-11-21-43(38)45(44(39)29-34)41-19-9-6-16-36(41)37-17-7-10-20-42(37)45/h1-29H. The highest BCUT2D eigenvalue weighted by molar-refractivity contribution is 6.09. The van der Waals surface area contributed by atoms with Gasteiger partial charge in [0.1, 0.15) is 0 Å². The van der Waals surface area contributed by atoms with Crippen molar-refractivity contribution in [2.45, 2.75) is 5.41 Å². The minimum absolute atomic E-state index is 0.378. The maximum absolute atomic E-state index is 2.47. The fourth-order valence-electron chi connectivity index (χ4n) is 8.38. The van der Waals surface area contributed by atoms with Crippen LogP contribution < -0.4 is 4.90 Å². The molecule has 0 saturated carbocycles. The van der Waals surface area contributed by atoms with E-state index in [0.29, 0.717) is 0 Å². The van der Waals surface area contributed by atoms with Crippen LogP contribution in [0.1, 0.15) is 22.3 Å². The van der Waals surface area contributed by atoms with Gasteiger partial charge >= 0.3 is 0 Å². The van der Waals surface area contributed by atoms with Crippen LogP contribution in [0.15, 0.2) is 176 Å². The SMILES string of the molecule is c1ccc(N(c2ccc3c(c2)C2(c4ccccc4-c4ccccc42)c2ccccc2-3)c2ccc3ccc4ccccc4c3c2)cc1. The Kier molecular flexibility index (Phi) is 5.27. The van der Waals surface area contributed by atoms with Gasteiger partial charge in [-0.05, 0) is 102 Å². The minimum Gasteiger partial charge on any atom is -0.310 e. The molecule has 0 saturated heterocycles. The van der Waals surface area contributed by atoms with E-state index in [1.165, 1.54) is 66.1 Å². The van der Waals surface area contributed by atoms with Crippen molar-refractivity contribution in [3.63, 3.8) is 0 Å². The Balaban J connectivity index is 1.26. The van der Waals surface area contributed by atoms with Crippen molar-refractivity contribution < 1.29 is 0 Å². The van der Waals surface area contributed by atoms with Gasteiger partial charge in [-0.25, -0.2) is 0 Å². The Bertz CT molecular complexity index is 2430. The van der Waals surface area contributed by atoms with Gasteiger partial charge in [0.15, 0.2) is 0 Å². The summed E-state index contributed by atoms with van der Waals surface area (Å²) in [5.74, 6) is 0. The Labute approximate surface area is 268 Å². The van der Waals surface area contributed by atoms with Crippen molar-refractivity contribution in [1.29, 1.82) is 0 Å². The molecule has 0 N–H and O–H groups in total. The highest BCUT2D eigenvalue weighted by Gasteiger charge is 2.51. The summed E-state index contributed by atoms with van der Waals surface area (Å²) >= 11 is 0. The topological polar surface area (TPSA) is 3.24 Å². The molecule has 0 heterocycles. The maximum Gasteiger partial charge on any atom is 0.0726 e. The van der Waals surface area contributed by atoms with Gasteiger partial charge in [-0.3, -0.25) is 0 Å². The molecule has 10 rings (SSSR count). The first-order chi connectivity index (χ1) is 22.8. The summed E-state index contributed by atoms with van der Waals surface area (Å²) in [6.45, 7) is 0. The normalized spacial score (nSPS) is 13.4. The van der Waals surface area contributed by atoms with Crippen LogP contribution in [0.25, 0.3) is 43.8 Å². The molecule has 0 aliphatic heterocycles. The van der Waals surface area contributed by atoms with Gasteiger partial charge in [0.05, 0.1) is 5.41 Å². The van der Waals surface area contributed by atoms with Crippen LogP contribution >= 0.6 is 0 Å². The Morgan fingerprint density at radius 3 is 1.46 bits per heavy atom. The van der Waals surface area contributed by atoms with Gasteiger partial charge in [-0.15, -0.1) is 0 Å². The molecule has 1 nitrogen and oxygen atoms in total. The summed E-state index contributed by atoms with van der Waals surface area (Å²) in [5.41, 5.74) is 13.8. The average molecular weight is 584 g/mol. The summed E-state index contributed by atoms with van der Waals surface area (Å²) in [7, 11) is 0. The summed E-state index contributed by atoms with van der Waals surface area (Å²) in [5, 5.41) is 5.05. The second-order valence-electron chi connectivity index (χ2n) is 12.5. The van der Waals surface area contributed by atoms with Gasteiger partial charge in [-0.2, -0.15) is 0 Å². The quantitative estimate of drug-likeness (QED) is 0.187. The molecule has 0 atom stereocenters. The minimum atomic E-state index is -0.378. The van der Waals surface area contributed by atoms with E-state index >= 15 is 0 Å². The van der Waals surface area contributed by atoms with Gasteiger partial charge in [0.2, 0.25) is 0 Å². The van der Waals surface area contributed by atoms with Crippen molar-refractivity contribution in [3.8, 4) is 22.3 Å². The van der Waals surface area contributed by atoms with E-state index in [9.17, 15) is 0 Å². The number of rotatable bonds is 3.